The fraction of sp³-hybridized carbons (Fsp3) is 0.500. The van der Waals surface area contributed by atoms with Crippen LogP contribution in [0.15, 0.2) is 6.07 Å². The van der Waals surface area contributed by atoms with Crippen molar-refractivity contribution in [3.63, 3.8) is 0 Å². The highest BCUT2D eigenvalue weighted by molar-refractivity contribution is 5.84. The Bertz CT molecular complexity index is 386. The quantitative estimate of drug-likeness (QED) is 0.669. The minimum Gasteiger partial charge on any atom is -0.480 e. The number of H-pyrrole nitrogens is 1. The first-order chi connectivity index (χ1) is 7.52. The number of rotatable bonds is 5. The molecule has 1 unspecified atom stereocenters. The van der Waals surface area contributed by atoms with Crippen molar-refractivity contribution in [2.75, 3.05) is 0 Å². The van der Waals surface area contributed by atoms with Crippen LogP contribution in [0, 0.1) is 6.92 Å². The summed E-state index contributed by atoms with van der Waals surface area (Å²) in [5, 5.41) is 17.8. The molecule has 0 aromatic carbocycles. The van der Waals surface area contributed by atoms with Crippen molar-refractivity contribution < 1.29 is 14.7 Å². The Morgan fingerprint density at radius 3 is 2.75 bits per heavy atom. The average molecular weight is 225 g/mol. The van der Waals surface area contributed by atoms with E-state index < -0.39 is 12.0 Å². The number of hydrogen-bond acceptors (Lipinski definition) is 3. The lowest BCUT2D eigenvalue weighted by atomic mass is 10.2. The van der Waals surface area contributed by atoms with Crippen LogP contribution in [-0.2, 0) is 16.0 Å². The Balaban J connectivity index is 2.50. The summed E-state index contributed by atoms with van der Waals surface area (Å²) in [5.74, 6) is -1.35. The van der Waals surface area contributed by atoms with Gasteiger partial charge in [-0.15, -0.1) is 0 Å². The molecule has 0 saturated heterocycles. The van der Waals surface area contributed by atoms with Crippen LogP contribution in [0.2, 0.25) is 0 Å². The van der Waals surface area contributed by atoms with E-state index in [9.17, 15) is 9.59 Å². The molecule has 0 spiro atoms. The third-order valence-electron chi connectivity index (χ3n) is 2.14. The molecule has 1 aromatic rings. The van der Waals surface area contributed by atoms with Gasteiger partial charge in [0.1, 0.15) is 6.04 Å². The van der Waals surface area contributed by atoms with E-state index in [1.165, 1.54) is 0 Å². The fourth-order valence-corrected chi connectivity index (χ4v) is 1.31. The van der Waals surface area contributed by atoms with Crippen molar-refractivity contribution in [2.24, 2.45) is 0 Å². The predicted molar refractivity (Wildman–Crippen MR) is 56.9 cm³/mol. The van der Waals surface area contributed by atoms with Gasteiger partial charge in [0.15, 0.2) is 0 Å². The lowest BCUT2D eigenvalue weighted by Crippen LogP contribution is -2.41. The zero-order chi connectivity index (χ0) is 12.1. The van der Waals surface area contributed by atoms with Crippen LogP contribution < -0.4 is 5.32 Å². The second-order valence-electron chi connectivity index (χ2n) is 3.59. The molecule has 6 heteroatoms. The highest BCUT2D eigenvalue weighted by atomic mass is 16.4. The Labute approximate surface area is 93.1 Å². The largest absolute Gasteiger partial charge is 0.480 e. The summed E-state index contributed by atoms with van der Waals surface area (Å²) in [4.78, 5) is 22.2. The summed E-state index contributed by atoms with van der Waals surface area (Å²) in [6, 6.07) is 0.925. The number of carboxylic acids is 1. The van der Waals surface area contributed by atoms with Crippen LogP contribution in [-0.4, -0.2) is 33.2 Å². The molecule has 1 rings (SSSR count). The monoisotopic (exact) mass is 225 g/mol. The molecule has 16 heavy (non-hydrogen) atoms. The summed E-state index contributed by atoms with van der Waals surface area (Å²) in [6.45, 7) is 3.54. The maximum atomic E-state index is 11.5. The van der Waals surface area contributed by atoms with Crippen LogP contribution in [0.5, 0.6) is 0 Å². The van der Waals surface area contributed by atoms with E-state index in [0.717, 1.165) is 5.69 Å². The SMILES string of the molecule is CCC(NC(=O)Cc1cc(C)[nH]n1)C(=O)O. The van der Waals surface area contributed by atoms with Gasteiger partial charge in [-0.05, 0) is 19.4 Å². The number of aromatic amines is 1. The first-order valence-corrected chi connectivity index (χ1v) is 5.06. The summed E-state index contributed by atoms with van der Waals surface area (Å²) in [5.41, 5.74) is 1.48. The highest BCUT2D eigenvalue weighted by Gasteiger charge is 2.17. The molecule has 0 radical (unpaired) electrons. The van der Waals surface area contributed by atoms with Crippen molar-refractivity contribution in [3.05, 3.63) is 17.5 Å². The summed E-state index contributed by atoms with van der Waals surface area (Å²) in [7, 11) is 0. The molecule has 1 atom stereocenters. The number of aliphatic carboxylic acids is 1. The van der Waals surface area contributed by atoms with Gasteiger partial charge in [0.05, 0.1) is 12.1 Å². The van der Waals surface area contributed by atoms with Crippen molar-refractivity contribution in [3.8, 4) is 0 Å². The van der Waals surface area contributed by atoms with E-state index in [0.29, 0.717) is 12.1 Å². The van der Waals surface area contributed by atoms with Gasteiger partial charge in [0, 0.05) is 5.69 Å². The van der Waals surface area contributed by atoms with E-state index in [1.807, 2.05) is 6.92 Å². The number of nitrogens with zero attached hydrogens (tertiary/aromatic N) is 1. The topological polar surface area (TPSA) is 95.1 Å². The molecule has 1 aromatic heterocycles. The number of amides is 1. The third kappa shape index (κ3) is 3.38. The number of carboxylic acid groups (broad SMARTS) is 1. The number of carbonyl (C=O) groups excluding carboxylic acids is 1. The number of aryl methyl sites for hydroxylation is 1. The van der Waals surface area contributed by atoms with Crippen LogP contribution in [0.1, 0.15) is 24.7 Å². The van der Waals surface area contributed by atoms with E-state index in [-0.39, 0.29) is 12.3 Å². The van der Waals surface area contributed by atoms with Crippen molar-refractivity contribution in [1.82, 2.24) is 15.5 Å². The molecule has 1 amide bonds. The lowest BCUT2D eigenvalue weighted by Gasteiger charge is -2.11. The van der Waals surface area contributed by atoms with E-state index >= 15 is 0 Å². The van der Waals surface area contributed by atoms with Crippen molar-refractivity contribution in [1.29, 1.82) is 0 Å². The van der Waals surface area contributed by atoms with Crippen LogP contribution >= 0.6 is 0 Å². The average Bonchev–Trinajstić information content (AvgIpc) is 2.60. The summed E-state index contributed by atoms with van der Waals surface area (Å²) in [6.07, 6.45) is 0.453. The molecule has 0 aliphatic rings. The third-order valence-corrected chi connectivity index (χ3v) is 2.14. The zero-order valence-electron chi connectivity index (χ0n) is 9.28. The van der Waals surface area contributed by atoms with Gasteiger partial charge in [-0.2, -0.15) is 5.10 Å². The molecule has 0 saturated carbocycles. The summed E-state index contributed by atoms with van der Waals surface area (Å²) >= 11 is 0. The van der Waals surface area contributed by atoms with Gasteiger partial charge in [0.25, 0.3) is 0 Å². The fourth-order valence-electron chi connectivity index (χ4n) is 1.31. The van der Waals surface area contributed by atoms with Gasteiger partial charge in [-0.25, -0.2) is 4.79 Å². The molecule has 6 nitrogen and oxygen atoms in total. The Morgan fingerprint density at radius 1 is 1.62 bits per heavy atom. The zero-order valence-corrected chi connectivity index (χ0v) is 9.28. The molecule has 3 N–H and O–H groups in total. The number of nitrogens with one attached hydrogen (secondary N) is 2. The standard InChI is InChI=1S/C10H15N3O3/c1-3-8(10(15)16)11-9(14)5-7-4-6(2)12-13-7/h4,8H,3,5H2,1-2H3,(H,11,14)(H,12,13)(H,15,16). The van der Waals surface area contributed by atoms with E-state index in [4.69, 9.17) is 5.11 Å². The molecular formula is C10H15N3O3. The van der Waals surface area contributed by atoms with Crippen LogP contribution in [0.3, 0.4) is 0 Å². The van der Waals surface area contributed by atoms with Gasteiger partial charge in [-0.1, -0.05) is 6.92 Å². The number of hydrogen-bond donors (Lipinski definition) is 3. The van der Waals surface area contributed by atoms with Gasteiger partial charge in [0.2, 0.25) is 5.91 Å². The molecule has 0 bridgehead atoms. The van der Waals surface area contributed by atoms with Gasteiger partial charge < -0.3 is 10.4 Å². The molecule has 88 valence electrons. The molecule has 1 heterocycles. The van der Waals surface area contributed by atoms with Crippen LogP contribution in [0.4, 0.5) is 0 Å². The van der Waals surface area contributed by atoms with Crippen molar-refractivity contribution >= 4 is 11.9 Å². The predicted octanol–water partition coefficient (Wildman–Crippen LogP) is 0.240. The minimum absolute atomic E-state index is 0.0914. The second kappa shape index (κ2) is 5.29. The second-order valence-corrected chi connectivity index (χ2v) is 3.59. The minimum atomic E-state index is -1.02. The maximum Gasteiger partial charge on any atom is 0.326 e. The molecule has 0 fully saturated rings. The van der Waals surface area contributed by atoms with Crippen molar-refractivity contribution in [2.45, 2.75) is 32.7 Å². The van der Waals surface area contributed by atoms with E-state index in [2.05, 4.69) is 15.5 Å². The summed E-state index contributed by atoms with van der Waals surface area (Å²) < 4.78 is 0. The molecular weight excluding hydrogens is 210 g/mol. The normalized spacial score (nSPS) is 12.1. The maximum absolute atomic E-state index is 11.5. The van der Waals surface area contributed by atoms with Gasteiger partial charge in [-0.3, -0.25) is 9.89 Å². The number of carbonyl (C=O) groups is 2. The lowest BCUT2D eigenvalue weighted by molar-refractivity contribution is -0.141. The Morgan fingerprint density at radius 2 is 2.31 bits per heavy atom. The van der Waals surface area contributed by atoms with Gasteiger partial charge >= 0.3 is 5.97 Å². The highest BCUT2D eigenvalue weighted by Crippen LogP contribution is 1.99. The Kier molecular flexibility index (Phi) is 4.04. The van der Waals surface area contributed by atoms with Crippen LogP contribution in [0.25, 0.3) is 0 Å². The molecule has 0 aliphatic carbocycles. The smallest absolute Gasteiger partial charge is 0.326 e. The molecule has 0 aliphatic heterocycles. The first-order valence-electron chi connectivity index (χ1n) is 5.06. The first kappa shape index (κ1) is 12.2. The Hall–Kier alpha value is -1.85. The van der Waals surface area contributed by atoms with E-state index in [1.54, 1.807) is 13.0 Å². The number of aromatic nitrogens is 2.